The van der Waals surface area contributed by atoms with E-state index in [-0.39, 0.29) is 5.41 Å². The molecule has 0 radical (unpaired) electrons. The van der Waals surface area contributed by atoms with Crippen molar-refractivity contribution in [3.05, 3.63) is 40.0 Å². The molecule has 0 N–H and O–H groups in total. The van der Waals surface area contributed by atoms with Crippen LogP contribution in [0.3, 0.4) is 0 Å². The van der Waals surface area contributed by atoms with E-state index in [0.717, 1.165) is 49.0 Å². The molecular weight excluding hydrogens is 354 g/mol. The van der Waals surface area contributed by atoms with Crippen LogP contribution in [0.5, 0.6) is 5.75 Å². The van der Waals surface area contributed by atoms with E-state index in [1.807, 2.05) is 6.92 Å². The number of allylic oxidation sites excluding steroid dienone is 2. The molecule has 4 atom stereocenters. The third-order valence-electron chi connectivity index (χ3n) is 8.45. The van der Waals surface area contributed by atoms with Crippen molar-refractivity contribution in [2.75, 3.05) is 6.61 Å². The molecule has 4 rings (SSSR count). The minimum atomic E-state index is 0.259. The summed E-state index contributed by atoms with van der Waals surface area (Å²) >= 11 is 0. The predicted octanol–water partition coefficient (Wildman–Crippen LogP) is 7.12. The summed E-state index contributed by atoms with van der Waals surface area (Å²) in [5, 5.41) is 9.50. The number of nitriles is 1. The summed E-state index contributed by atoms with van der Waals surface area (Å²) in [6.07, 6.45) is 10.8. The van der Waals surface area contributed by atoms with Crippen molar-refractivity contribution in [3.8, 4) is 11.8 Å². The Kier molecular flexibility index (Phi) is 5.78. The highest BCUT2D eigenvalue weighted by Gasteiger charge is 2.53. The Morgan fingerprint density at radius 1 is 1.21 bits per heavy atom. The summed E-state index contributed by atoms with van der Waals surface area (Å²) in [6.45, 7) is 9.82. The van der Waals surface area contributed by atoms with Crippen LogP contribution in [-0.4, -0.2) is 6.61 Å². The fourth-order valence-corrected chi connectivity index (χ4v) is 6.88. The summed E-state index contributed by atoms with van der Waals surface area (Å²) in [5.74, 6) is 3.36. The van der Waals surface area contributed by atoms with E-state index < -0.39 is 0 Å². The molecule has 1 aromatic rings. The molecule has 2 saturated carbocycles. The zero-order valence-corrected chi connectivity index (χ0v) is 18.8. The smallest absolute Gasteiger partial charge is 0.122 e. The number of nitrogens with zero attached hydrogens (tertiary/aromatic N) is 1. The summed E-state index contributed by atoms with van der Waals surface area (Å²) in [6, 6.07) is 7.35. The van der Waals surface area contributed by atoms with Gasteiger partial charge in [-0.05, 0) is 104 Å². The summed E-state index contributed by atoms with van der Waals surface area (Å²) in [7, 11) is 0. The van der Waals surface area contributed by atoms with Crippen molar-refractivity contribution in [1.29, 1.82) is 5.26 Å². The topological polar surface area (TPSA) is 33.0 Å². The van der Waals surface area contributed by atoms with Crippen molar-refractivity contribution in [3.63, 3.8) is 0 Å². The molecule has 0 amide bonds. The number of fused-ring (bicyclic) bond motifs is 5. The first-order valence-electron chi connectivity index (χ1n) is 11.9. The van der Waals surface area contributed by atoms with Gasteiger partial charge in [-0.15, -0.1) is 0 Å². The van der Waals surface area contributed by atoms with E-state index in [2.05, 4.69) is 39.0 Å². The molecule has 2 nitrogen and oxygen atoms in total. The number of rotatable bonds is 5. The van der Waals surface area contributed by atoms with Gasteiger partial charge >= 0.3 is 0 Å². The highest BCUT2D eigenvalue weighted by atomic mass is 16.5. The van der Waals surface area contributed by atoms with Crippen LogP contribution in [0.25, 0.3) is 0 Å². The van der Waals surface area contributed by atoms with Gasteiger partial charge in [-0.2, -0.15) is 5.26 Å². The first-order valence-corrected chi connectivity index (χ1v) is 11.9. The van der Waals surface area contributed by atoms with Gasteiger partial charge in [0.05, 0.1) is 12.7 Å². The largest absolute Gasteiger partial charge is 0.493 e. The van der Waals surface area contributed by atoms with E-state index in [9.17, 15) is 5.26 Å². The molecular formula is C27H37NO. The van der Waals surface area contributed by atoms with Crippen LogP contribution in [0.1, 0.15) is 95.2 Å². The van der Waals surface area contributed by atoms with Crippen LogP contribution in [0.4, 0.5) is 0 Å². The van der Waals surface area contributed by atoms with E-state index in [1.165, 1.54) is 49.7 Å². The lowest BCUT2D eigenvalue weighted by Gasteiger charge is -2.50. The molecule has 3 aliphatic carbocycles. The van der Waals surface area contributed by atoms with E-state index in [4.69, 9.17) is 4.74 Å². The normalized spacial score (nSPS) is 32.0. The van der Waals surface area contributed by atoms with Crippen LogP contribution in [0.15, 0.2) is 23.3 Å². The van der Waals surface area contributed by atoms with Crippen LogP contribution < -0.4 is 4.74 Å². The Morgan fingerprint density at radius 3 is 2.76 bits per heavy atom. The molecule has 0 aromatic heterocycles. The lowest BCUT2D eigenvalue weighted by molar-refractivity contribution is 0.0809. The first kappa shape index (κ1) is 20.5. The van der Waals surface area contributed by atoms with E-state index in [1.54, 1.807) is 11.1 Å². The second-order valence-electron chi connectivity index (χ2n) is 9.84. The van der Waals surface area contributed by atoms with Crippen molar-refractivity contribution < 1.29 is 4.74 Å². The second-order valence-corrected chi connectivity index (χ2v) is 9.84. The van der Waals surface area contributed by atoms with Gasteiger partial charge in [-0.1, -0.05) is 38.8 Å². The Labute approximate surface area is 177 Å². The summed E-state index contributed by atoms with van der Waals surface area (Å²) in [5.41, 5.74) is 7.28. The van der Waals surface area contributed by atoms with Gasteiger partial charge in [0.15, 0.2) is 0 Å². The SMILES string of the molecule is CCCCOc1cc2c(cc1CC)[C@H]1CC[C@]3(C)/C(=C(\C)C#N)CC[C@H]3[C@@H]1CC2. The van der Waals surface area contributed by atoms with Crippen molar-refractivity contribution in [2.45, 2.75) is 91.4 Å². The highest BCUT2D eigenvalue weighted by Crippen LogP contribution is 2.63. The Morgan fingerprint density at radius 2 is 2.03 bits per heavy atom. The number of aryl methyl sites for hydroxylation is 2. The monoisotopic (exact) mass is 391 g/mol. The highest BCUT2D eigenvalue weighted by molar-refractivity contribution is 5.47. The maximum atomic E-state index is 9.50. The molecule has 2 heteroatoms. The van der Waals surface area contributed by atoms with Crippen LogP contribution in [0.2, 0.25) is 0 Å². The van der Waals surface area contributed by atoms with Crippen molar-refractivity contribution in [1.82, 2.24) is 0 Å². The lowest BCUT2D eigenvalue weighted by Crippen LogP contribution is -2.40. The number of hydrogen-bond acceptors (Lipinski definition) is 2. The van der Waals surface area contributed by atoms with Crippen LogP contribution in [0, 0.1) is 28.6 Å². The maximum absolute atomic E-state index is 9.50. The quantitative estimate of drug-likeness (QED) is 0.395. The van der Waals surface area contributed by atoms with Crippen molar-refractivity contribution in [2.24, 2.45) is 17.3 Å². The zero-order chi connectivity index (χ0) is 20.6. The van der Waals surface area contributed by atoms with Gasteiger partial charge in [0, 0.05) is 5.57 Å². The van der Waals surface area contributed by atoms with Gasteiger partial charge in [-0.25, -0.2) is 0 Å². The van der Waals surface area contributed by atoms with Crippen molar-refractivity contribution >= 4 is 0 Å². The van der Waals surface area contributed by atoms with Gasteiger partial charge in [0.1, 0.15) is 5.75 Å². The van der Waals surface area contributed by atoms with Crippen LogP contribution in [-0.2, 0) is 12.8 Å². The molecule has 29 heavy (non-hydrogen) atoms. The minimum Gasteiger partial charge on any atom is -0.493 e. The van der Waals surface area contributed by atoms with Crippen LogP contribution >= 0.6 is 0 Å². The average Bonchev–Trinajstić information content (AvgIpc) is 3.09. The average molecular weight is 392 g/mol. The molecule has 2 fully saturated rings. The number of benzene rings is 1. The standard InChI is InChI=1S/C27H37NO/c1-5-7-14-29-26-16-20-8-9-22-21(23(20)15-19(26)6-2)12-13-27(4)24(18(3)17-28)10-11-25(22)27/h15-16,21-22,25H,5-14H2,1-4H3/b24-18+/t21-,22+,25-,27+/m0/s1. The molecule has 0 heterocycles. The molecule has 0 aliphatic heterocycles. The van der Waals surface area contributed by atoms with Gasteiger partial charge < -0.3 is 4.74 Å². The molecule has 0 saturated heterocycles. The second kappa shape index (κ2) is 8.17. The molecule has 0 unspecified atom stereocenters. The summed E-state index contributed by atoms with van der Waals surface area (Å²) < 4.78 is 6.17. The minimum absolute atomic E-state index is 0.259. The fraction of sp³-hybridized carbons (Fsp3) is 0.667. The number of ether oxygens (including phenoxy) is 1. The first-order chi connectivity index (χ1) is 14.0. The molecule has 1 aromatic carbocycles. The Balaban J connectivity index is 1.64. The summed E-state index contributed by atoms with van der Waals surface area (Å²) in [4.78, 5) is 0. The molecule has 0 bridgehead atoms. The Hall–Kier alpha value is -1.75. The fourth-order valence-electron chi connectivity index (χ4n) is 6.88. The molecule has 0 spiro atoms. The zero-order valence-electron chi connectivity index (χ0n) is 18.8. The molecule has 3 aliphatic rings. The lowest BCUT2D eigenvalue weighted by atomic mass is 9.55. The van der Waals surface area contributed by atoms with Gasteiger partial charge in [-0.3, -0.25) is 0 Å². The number of unbranched alkanes of at least 4 members (excludes halogenated alkanes) is 1. The third kappa shape index (κ3) is 3.41. The predicted molar refractivity (Wildman–Crippen MR) is 119 cm³/mol. The van der Waals surface area contributed by atoms with Gasteiger partial charge in [0.25, 0.3) is 0 Å². The number of hydrogen-bond donors (Lipinski definition) is 0. The Bertz CT molecular complexity index is 845. The third-order valence-corrected chi connectivity index (χ3v) is 8.45. The van der Waals surface area contributed by atoms with E-state index in [0.29, 0.717) is 5.92 Å². The maximum Gasteiger partial charge on any atom is 0.122 e. The van der Waals surface area contributed by atoms with E-state index >= 15 is 0 Å². The molecule has 156 valence electrons. The van der Waals surface area contributed by atoms with Gasteiger partial charge in [0.2, 0.25) is 0 Å².